The molecule has 0 aliphatic carbocycles. The number of rotatable bonds is 2. The molecule has 1 saturated heterocycles. The van der Waals surface area contributed by atoms with Crippen LogP contribution in [0.2, 0.25) is 0 Å². The highest BCUT2D eigenvalue weighted by molar-refractivity contribution is 5.55. The Labute approximate surface area is 154 Å². The number of nitrogens with zero attached hydrogens (tertiary/aromatic N) is 5. The highest BCUT2D eigenvalue weighted by atomic mass is 15.2. The number of benzene rings is 1. The van der Waals surface area contributed by atoms with Gasteiger partial charge in [-0.3, -0.25) is 0 Å². The Kier molecular flexibility index (Phi) is 3.89. The van der Waals surface area contributed by atoms with Crippen LogP contribution in [0.15, 0.2) is 42.9 Å². The fraction of sp³-hybridized carbons (Fsp3) is 0.429. The van der Waals surface area contributed by atoms with Gasteiger partial charge in [0.15, 0.2) is 0 Å². The Hall–Kier alpha value is -2.40. The Morgan fingerprint density at radius 1 is 1.04 bits per heavy atom. The van der Waals surface area contributed by atoms with Crippen molar-refractivity contribution >= 4 is 11.2 Å². The van der Waals surface area contributed by atoms with E-state index in [9.17, 15) is 0 Å². The molecular weight excluding hydrogens is 322 g/mol. The van der Waals surface area contributed by atoms with Gasteiger partial charge in [0.2, 0.25) is 0 Å². The van der Waals surface area contributed by atoms with Crippen LogP contribution in [0.1, 0.15) is 42.0 Å². The van der Waals surface area contributed by atoms with Crippen molar-refractivity contribution in [2.75, 3.05) is 31.6 Å². The standard InChI is InChI=1S/C21H25N5/c1-24-13-16-11-17(25-9-3-2-4-10-25)5-6-19(16)20(14-24)21-12-18-7-8-23-26(18)15-22-21/h5-8,11-12,15,20H,2-4,9-10,13-14H2,1H3. The molecular formula is C21H25N5. The number of hydrogen-bond donors (Lipinski definition) is 0. The molecule has 2 aromatic heterocycles. The summed E-state index contributed by atoms with van der Waals surface area (Å²) in [6.45, 7) is 4.41. The lowest BCUT2D eigenvalue weighted by molar-refractivity contribution is 0.293. The molecule has 0 N–H and O–H groups in total. The average Bonchev–Trinajstić information content (AvgIpc) is 3.15. The van der Waals surface area contributed by atoms with Gasteiger partial charge < -0.3 is 9.80 Å². The van der Waals surface area contributed by atoms with Gasteiger partial charge in [0, 0.05) is 37.8 Å². The van der Waals surface area contributed by atoms with E-state index < -0.39 is 0 Å². The molecule has 134 valence electrons. The number of hydrogen-bond acceptors (Lipinski definition) is 4. The van der Waals surface area contributed by atoms with Gasteiger partial charge in [0.1, 0.15) is 6.33 Å². The van der Waals surface area contributed by atoms with E-state index in [1.807, 2.05) is 23.1 Å². The molecule has 0 saturated carbocycles. The minimum absolute atomic E-state index is 0.319. The van der Waals surface area contributed by atoms with Crippen molar-refractivity contribution in [1.29, 1.82) is 0 Å². The molecule has 1 fully saturated rings. The second kappa shape index (κ2) is 6.40. The van der Waals surface area contributed by atoms with E-state index in [1.165, 1.54) is 49.2 Å². The third kappa shape index (κ3) is 2.76. The number of fused-ring (bicyclic) bond motifs is 2. The van der Waals surface area contributed by atoms with Crippen LogP contribution in [-0.2, 0) is 6.54 Å². The Bertz CT molecular complexity index is 925. The van der Waals surface area contributed by atoms with Crippen LogP contribution >= 0.6 is 0 Å². The van der Waals surface area contributed by atoms with Crippen LogP contribution in [0.3, 0.4) is 0 Å². The molecule has 2 aliphatic rings. The zero-order valence-electron chi connectivity index (χ0n) is 15.3. The molecule has 1 aromatic carbocycles. The SMILES string of the molecule is CN1Cc2cc(N3CCCCC3)ccc2C(c2cc3ccnn3cn2)C1. The van der Waals surface area contributed by atoms with Gasteiger partial charge in [-0.25, -0.2) is 9.50 Å². The highest BCUT2D eigenvalue weighted by Crippen LogP contribution is 2.35. The third-order valence-corrected chi connectivity index (χ3v) is 5.83. The minimum atomic E-state index is 0.319. The molecule has 26 heavy (non-hydrogen) atoms. The molecule has 5 nitrogen and oxygen atoms in total. The van der Waals surface area contributed by atoms with Crippen molar-refractivity contribution in [2.24, 2.45) is 0 Å². The number of likely N-dealkylation sites (N-methyl/N-ethyl adjacent to an activating group) is 1. The predicted octanol–water partition coefficient (Wildman–Crippen LogP) is 3.30. The lowest BCUT2D eigenvalue weighted by atomic mass is 9.87. The lowest BCUT2D eigenvalue weighted by Gasteiger charge is -2.34. The zero-order chi connectivity index (χ0) is 17.5. The van der Waals surface area contributed by atoms with E-state index in [0.29, 0.717) is 5.92 Å². The maximum atomic E-state index is 4.71. The average molecular weight is 347 g/mol. The quantitative estimate of drug-likeness (QED) is 0.713. The molecule has 1 atom stereocenters. The topological polar surface area (TPSA) is 36.7 Å². The first-order valence-electron chi connectivity index (χ1n) is 9.63. The van der Waals surface area contributed by atoms with E-state index in [-0.39, 0.29) is 0 Å². The Morgan fingerprint density at radius 3 is 2.81 bits per heavy atom. The molecule has 2 aliphatic heterocycles. The van der Waals surface area contributed by atoms with Crippen molar-refractivity contribution in [1.82, 2.24) is 19.5 Å². The summed E-state index contributed by atoms with van der Waals surface area (Å²) in [7, 11) is 2.21. The van der Waals surface area contributed by atoms with Crippen LogP contribution in [0.4, 0.5) is 5.69 Å². The third-order valence-electron chi connectivity index (χ3n) is 5.83. The van der Waals surface area contributed by atoms with Crippen molar-refractivity contribution in [3.05, 3.63) is 59.7 Å². The summed E-state index contributed by atoms with van der Waals surface area (Å²) in [5.74, 6) is 0.319. The van der Waals surface area contributed by atoms with Gasteiger partial charge >= 0.3 is 0 Å². The summed E-state index contributed by atoms with van der Waals surface area (Å²) in [5.41, 5.74) is 6.50. The van der Waals surface area contributed by atoms with E-state index in [4.69, 9.17) is 4.98 Å². The van der Waals surface area contributed by atoms with Crippen molar-refractivity contribution in [3.8, 4) is 0 Å². The molecule has 4 heterocycles. The smallest absolute Gasteiger partial charge is 0.117 e. The van der Waals surface area contributed by atoms with Crippen molar-refractivity contribution in [2.45, 2.75) is 31.7 Å². The predicted molar refractivity (Wildman–Crippen MR) is 104 cm³/mol. The summed E-state index contributed by atoms with van der Waals surface area (Å²) in [6, 6.07) is 11.3. The summed E-state index contributed by atoms with van der Waals surface area (Å²) in [5, 5.41) is 4.27. The first kappa shape index (κ1) is 15.8. The number of piperidine rings is 1. The molecule has 0 amide bonds. The summed E-state index contributed by atoms with van der Waals surface area (Å²) in [6.07, 6.45) is 7.66. The van der Waals surface area contributed by atoms with E-state index >= 15 is 0 Å². The van der Waals surface area contributed by atoms with E-state index in [2.05, 4.69) is 46.2 Å². The second-order valence-electron chi connectivity index (χ2n) is 7.69. The molecule has 5 heteroatoms. The minimum Gasteiger partial charge on any atom is -0.372 e. The van der Waals surface area contributed by atoms with Gasteiger partial charge in [-0.15, -0.1) is 0 Å². The summed E-state index contributed by atoms with van der Waals surface area (Å²) >= 11 is 0. The van der Waals surface area contributed by atoms with Crippen molar-refractivity contribution in [3.63, 3.8) is 0 Å². The summed E-state index contributed by atoms with van der Waals surface area (Å²) in [4.78, 5) is 9.67. The first-order valence-corrected chi connectivity index (χ1v) is 9.63. The maximum absolute atomic E-state index is 4.71. The normalized spacial score (nSPS) is 21.1. The summed E-state index contributed by atoms with van der Waals surface area (Å²) < 4.78 is 1.83. The number of aromatic nitrogens is 3. The fourth-order valence-electron chi connectivity index (χ4n) is 4.47. The molecule has 3 aromatic rings. The van der Waals surface area contributed by atoms with Crippen LogP contribution in [0.5, 0.6) is 0 Å². The van der Waals surface area contributed by atoms with Crippen LogP contribution in [-0.4, -0.2) is 46.2 Å². The molecule has 5 rings (SSSR count). The van der Waals surface area contributed by atoms with Gasteiger partial charge in [0.25, 0.3) is 0 Å². The van der Waals surface area contributed by atoms with Crippen LogP contribution in [0, 0.1) is 0 Å². The van der Waals surface area contributed by atoms with Gasteiger partial charge in [-0.1, -0.05) is 6.07 Å². The van der Waals surface area contributed by atoms with Gasteiger partial charge in [-0.2, -0.15) is 5.10 Å². The second-order valence-corrected chi connectivity index (χ2v) is 7.69. The molecule has 0 bridgehead atoms. The molecule has 0 radical (unpaired) electrons. The van der Waals surface area contributed by atoms with E-state index in [1.54, 1.807) is 0 Å². The monoisotopic (exact) mass is 347 g/mol. The number of anilines is 1. The lowest BCUT2D eigenvalue weighted by Crippen LogP contribution is -2.33. The molecule has 0 spiro atoms. The van der Waals surface area contributed by atoms with Gasteiger partial charge in [0.05, 0.1) is 17.4 Å². The largest absolute Gasteiger partial charge is 0.372 e. The Balaban J connectivity index is 1.52. The van der Waals surface area contributed by atoms with Crippen molar-refractivity contribution < 1.29 is 0 Å². The first-order chi connectivity index (χ1) is 12.8. The van der Waals surface area contributed by atoms with Crippen LogP contribution in [0.25, 0.3) is 5.52 Å². The maximum Gasteiger partial charge on any atom is 0.117 e. The zero-order valence-corrected chi connectivity index (χ0v) is 15.3. The van der Waals surface area contributed by atoms with E-state index in [0.717, 1.165) is 24.3 Å². The highest BCUT2D eigenvalue weighted by Gasteiger charge is 2.27. The molecule has 1 unspecified atom stereocenters. The van der Waals surface area contributed by atoms with Gasteiger partial charge in [-0.05, 0) is 61.7 Å². The van der Waals surface area contributed by atoms with Crippen LogP contribution < -0.4 is 4.90 Å². The fourth-order valence-corrected chi connectivity index (χ4v) is 4.47. The Morgan fingerprint density at radius 2 is 1.92 bits per heavy atom.